The molecule has 0 saturated heterocycles. The number of carbonyl (C=O) groups is 1. The fraction of sp³-hybridized carbons (Fsp3) is 0.125. The third-order valence-electron chi connectivity index (χ3n) is 4.86. The molecule has 1 atom stereocenters. The third-order valence-corrected chi connectivity index (χ3v) is 5.09. The smallest absolute Gasteiger partial charge is 0.252 e. The number of fused-ring (bicyclic) bond motifs is 1. The molecule has 4 rings (SSSR count). The molecule has 2 heterocycles. The molecule has 0 aliphatic rings. The van der Waals surface area contributed by atoms with Crippen LogP contribution in [0.4, 0.5) is 0 Å². The highest BCUT2D eigenvalue weighted by atomic mass is 35.5. The molecule has 0 radical (unpaired) electrons. The Morgan fingerprint density at radius 3 is 2.52 bits per heavy atom. The van der Waals surface area contributed by atoms with Gasteiger partial charge in [0.15, 0.2) is 0 Å². The summed E-state index contributed by atoms with van der Waals surface area (Å²) in [6.07, 6.45) is 2.50. The molecule has 0 unspecified atom stereocenters. The van der Waals surface area contributed by atoms with Gasteiger partial charge >= 0.3 is 0 Å². The molecule has 29 heavy (non-hydrogen) atoms. The molecule has 0 saturated carbocycles. The molecule has 0 aliphatic carbocycles. The van der Waals surface area contributed by atoms with Crippen LogP contribution in [0.2, 0.25) is 5.02 Å². The predicted molar refractivity (Wildman–Crippen MR) is 117 cm³/mol. The van der Waals surface area contributed by atoms with Crippen LogP contribution in [0.1, 0.15) is 35.3 Å². The van der Waals surface area contributed by atoms with Gasteiger partial charge in [-0.15, -0.1) is 0 Å². The molecule has 4 aromatic rings. The van der Waals surface area contributed by atoms with Crippen LogP contribution in [-0.4, -0.2) is 15.9 Å². The number of aromatic nitrogens is 2. The monoisotopic (exact) mass is 401 g/mol. The van der Waals surface area contributed by atoms with E-state index in [-0.39, 0.29) is 11.9 Å². The summed E-state index contributed by atoms with van der Waals surface area (Å²) in [5, 5.41) is 4.44. The van der Waals surface area contributed by atoms with Crippen molar-refractivity contribution < 1.29 is 4.79 Å². The maximum Gasteiger partial charge on any atom is 0.252 e. The largest absolute Gasteiger partial charge is 0.345 e. The molecule has 1 amide bonds. The molecule has 5 heteroatoms. The number of rotatable bonds is 5. The van der Waals surface area contributed by atoms with Crippen molar-refractivity contribution in [1.82, 2.24) is 15.3 Å². The zero-order chi connectivity index (χ0) is 20.2. The Morgan fingerprint density at radius 1 is 1.00 bits per heavy atom. The van der Waals surface area contributed by atoms with E-state index < -0.39 is 0 Å². The summed E-state index contributed by atoms with van der Waals surface area (Å²) < 4.78 is 0. The van der Waals surface area contributed by atoms with Crippen LogP contribution >= 0.6 is 11.6 Å². The first-order valence-electron chi connectivity index (χ1n) is 9.53. The number of nitrogens with zero attached hydrogens (tertiary/aromatic N) is 2. The highest BCUT2D eigenvalue weighted by Crippen LogP contribution is 2.27. The molecule has 1 N–H and O–H groups in total. The fourth-order valence-corrected chi connectivity index (χ4v) is 3.55. The van der Waals surface area contributed by atoms with Crippen molar-refractivity contribution in [1.29, 1.82) is 0 Å². The third kappa shape index (κ3) is 4.13. The minimum absolute atomic E-state index is 0.0793. The molecule has 0 aliphatic heterocycles. The zero-order valence-corrected chi connectivity index (χ0v) is 16.7. The molecule has 2 aromatic heterocycles. The SMILES string of the molecule is CC[C@@H](NC(=O)c1cc(-c2ccccn2)nc2ccc(Cl)cc12)c1ccccc1. The van der Waals surface area contributed by atoms with E-state index >= 15 is 0 Å². The van der Waals surface area contributed by atoms with E-state index in [9.17, 15) is 4.79 Å². The van der Waals surface area contributed by atoms with Gasteiger partial charge in [-0.25, -0.2) is 4.98 Å². The van der Waals surface area contributed by atoms with Gasteiger partial charge in [0, 0.05) is 16.6 Å². The highest BCUT2D eigenvalue weighted by Gasteiger charge is 2.18. The normalized spacial score (nSPS) is 11.9. The topological polar surface area (TPSA) is 54.9 Å². The molecule has 2 aromatic carbocycles. The molecule has 0 fully saturated rings. The first-order chi connectivity index (χ1) is 14.2. The lowest BCUT2D eigenvalue weighted by molar-refractivity contribution is 0.0937. The van der Waals surface area contributed by atoms with E-state index in [1.165, 1.54) is 0 Å². The second-order valence-electron chi connectivity index (χ2n) is 6.78. The first kappa shape index (κ1) is 19.1. The van der Waals surface area contributed by atoms with Crippen molar-refractivity contribution in [2.45, 2.75) is 19.4 Å². The van der Waals surface area contributed by atoms with Gasteiger partial charge in [-0.2, -0.15) is 0 Å². The molecule has 0 bridgehead atoms. The molecule has 4 nitrogen and oxygen atoms in total. The number of hydrogen-bond donors (Lipinski definition) is 1. The summed E-state index contributed by atoms with van der Waals surface area (Å²) in [5.41, 5.74) is 3.68. The van der Waals surface area contributed by atoms with Gasteiger partial charge in [0.05, 0.1) is 28.5 Å². The number of halogens is 1. The van der Waals surface area contributed by atoms with E-state index in [0.29, 0.717) is 27.5 Å². The Bertz CT molecular complexity index is 1150. The van der Waals surface area contributed by atoms with E-state index in [2.05, 4.69) is 22.2 Å². The number of hydrogen-bond acceptors (Lipinski definition) is 3. The van der Waals surface area contributed by atoms with E-state index in [4.69, 9.17) is 11.6 Å². The predicted octanol–water partition coefficient (Wildman–Crippen LogP) is 5.83. The number of pyridine rings is 2. The summed E-state index contributed by atoms with van der Waals surface area (Å²) in [6, 6.07) is 22.7. The van der Waals surface area contributed by atoms with Crippen LogP contribution in [0.25, 0.3) is 22.3 Å². The van der Waals surface area contributed by atoms with E-state index in [1.54, 1.807) is 24.4 Å². The minimum atomic E-state index is -0.160. The molecular weight excluding hydrogens is 382 g/mol. The highest BCUT2D eigenvalue weighted by molar-refractivity contribution is 6.31. The van der Waals surface area contributed by atoms with Gasteiger partial charge < -0.3 is 5.32 Å². The van der Waals surface area contributed by atoms with E-state index in [1.807, 2.05) is 54.6 Å². The van der Waals surface area contributed by atoms with Crippen molar-refractivity contribution in [2.24, 2.45) is 0 Å². The average molecular weight is 402 g/mol. The standard InChI is InChI=1S/C24H20ClN3O/c1-2-20(16-8-4-3-5-9-16)28-24(29)19-15-23(22-10-6-7-13-26-22)27-21-12-11-17(25)14-18(19)21/h3-15,20H,2H2,1H3,(H,28,29)/t20-/m1/s1. The van der Waals surface area contributed by atoms with Crippen LogP contribution in [0.15, 0.2) is 79.0 Å². The summed E-state index contributed by atoms with van der Waals surface area (Å²) >= 11 is 6.21. The summed E-state index contributed by atoms with van der Waals surface area (Å²) in [5.74, 6) is -0.160. The lowest BCUT2D eigenvalue weighted by Gasteiger charge is -2.18. The van der Waals surface area contributed by atoms with Gasteiger partial charge in [-0.1, -0.05) is 54.9 Å². The van der Waals surface area contributed by atoms with Crippen molar-refractivity contribution in [3.63, 3.8) is 0 Å². The van der Waals surface area contributed by atoms with Crippen LogP contribution in [0.3, 0.4) is 0 Å². The minimum Gasteiger partial charge on any atom is -0.345 e. The van der Waals surface area contributed by atoms with Gasteiger partial charge in [-0.3, -0.25) is 9.78 Å². The maximum absolute atomic E-state index is 13.3. The van der Waals surface area contributed by atoms with Gasteiger partial charge in [0.2, 0.25) is 0 Å². The number of amides is 1. The summed E-state index contributed by atoms with van der Waals surface area (Å²) in [7, 11) is 0. The van der Waals surface area contributed by atoms with Gasteiger partial charge in [0.1, 0.15) is 0 Å². The van der Waals surface area contributed by atoms with Crippen LogP contribution in [0.5, 0.6) is 0 Å². The first-order valence-corrected chi connectivity index (χ1v) is 9.91. The van der Waals surface area contributed by atoms with Gasteiger partial charge in [-0.05, 0) is 48.4 Å². The number of carbonyl (C=O) groups excluding carboxylic acids is 1. The van der Waals surface area contributed by atoms with E-state index in [0.717, 1.165) is 17.4 Å². The molecule has 0 spiro atoms. The quantitative estimate of drug-likeness (QED) is 0.457. The second-order valence-corrected chi connectivity index (χ2v) is 7.21. The Balaban J connectivity index is 1.78. The lowest BCUT2D eigenvalue weighted by Crippen LogP contribution is -2.28. The average Bonchev–Trinajstić information content (AvgIpc) is 2.77. The fourth-order valence-electron chi connectivity index (χ4n) is 3.37. The number of nitrogens with one attached hydrogen (secondary N) is 1. The van der Waals surface area contributed by atoms with Gasteiger partial charge in [0.25, 0.3) is 5.91 Å². The molecule has 144 valence electrons. The second kappa shape index (κ2) is 8.41. The summed E-state index contributed by atoms with van der Waals surface area (Å²) in [6.45, 7) is 2.05. The van der Waals surface area contributed by atoms with Crippen molar-refractivity contribution in [3.8, 4) is 11.4 Å². The van der Waals surface area contributed by atoms with Crippen molar-refractivity contribution >= 4 is 28.4 Å². The van der Waals surface area contributed by atoms with Crippen molar-refractivity contribution in [2.75, 3.05) is 0 Å². The Kier molecular flexibility index (Phi) is 5.54. The zero-order valence-electron chi connectivity index (χ0n) is 16.0. The van der Waals surface area contributed by atoms with Crippen LogP contribution < -0.4 is 5.32 Å². The number of benzene rings is 2. The maximum atomic E-state index is 13.3. The van der Waals surface area contributed by atoms with Crippen LogP contribution in [-0.2, 0) is 0 Å². The Hall–Kier alpha value is -3.24. The van der Waals surface area contributed by atoms with Crippen molar-refractivity contribution in [3.05, 3.63) is 95.1 Å². The lowest BCUT2D eigenvalue weighted by atomic mass is 10.0. The Morgan fingerprint density at radius 2 is 1.79 bits per heavy atom. The summed E-state index contributed by atoms with van der Waals surface area (Å²) in [4.78, 5) is 22.4. The molecular formula is C24H20ClN3O. The van der Waals surface area contributed by atoms with Crippen LogP contribution in [0, 0.1) is 0 Å². The Labute approximate surface area is 174 Å².